The third-order valence-electron chi connectivity index (χ3n) is 3.80. The fourth-order valence-corrected chi connectivity index (χ4v) is 3.32. The predicted octanol–water partition coefficient (Wildman–Crippen LogP) is 1.63. The van der Waals surface area contributed by atoms with Gasteiger partial charge in [0.2, 0.25) is 15.9 Å². The molecule has 0 spiro atoms. The number of amides is 1. The Bertz CT molecular complexity index is 953. The van der Waals surface area contributed by atoms with Crippen LogP contribution in [0.4, 0.5) is 0 Å². The smallest absolute Gasteiger partial charge is 0.251 e. The molecule has 0 aliphatic carbocycles. The van der Waals surface area contributed by atoms with Crippen LogP contribution in [0, 0.1) is 0 Å². The van der Waals surface area contributed by atoms with Gasteiger partial charge in [-0.2, -0.15) is 0 Å². The van der Waals surface area contributed by atoms with E-state index in [4.69, 9.17) is 11.6 Å². The topological polar surface area (TPSA) is 88.5 Å². The lowest BCUT2D eigenvalue weighted by molar-refractivity contribution is -0.122. The summed E-state index contributed by atoms with van der Waals surface area (Å²) in [5.74, 6) is -0.408. The van der Waals surface area contributed by atoms with E-state index in [-0.39, 0.29) is 17.5 Å². The maximum atomic E-state index is 12.3. The summed E-state index contributed by atoms with van der Waals surface area (Å²) in [5.41, 5.74) is 0.399. The molecule has 26 heavy (non-hydrogen) atoms. The van der Waals surface area contributed by atoms with Gasteiger partial charge in [-0.1, -0.05) is 23.7 Å². The van der Waals surface area contributed by atoms with Crippen molar-refractivity contribution < 1.29 is 13.2 Å². The van der Waals surface area contributed by atoms with Gasteiger partial charge in [0.05, 0.1) is 10.9 Å². The van der Waals surface area contributed by atoms with Crippen molar-refractivity contribution in [2.45, 2.75) is 24.4 Å². The van der Waals surface area contributed by atoms with Crippen LogP contribution >= 0.6 is 11.6 Å². The van der Waals surface area contributed by atoms with E-state index in [2.05, 4.69) is 5.32 Å². The summed E-state index contributed by atoms with van der Waals surface area (Å²) in [7, 11) is -0.904. The molecule has 0 bridgehead atoms. The van der Waals surface area contributed by atoms with Crippen molar-refractivity contribution in [2.24, 2.45) is 0 Å². The first-order valence-electron chi connectivity index (χ1n) is 7.79. The van der Waals surface area contributed by atoms with E-state index in [1.165, 1.54) is 26.4 Å². The van der Waals surface area contributed by atoms with E-state index in [9.17, 15) is 18.0 Å². The zero-order valence-electron chi connectivity index (χ0n) is 14.6. The van der Waals surface area contributed by atoms with Crippen molar-refractivity contribution in [1.82, 2.24) is 14.2 Å². The third-order valence-corrected chi connectivity index (χ3v) is 5.85. The number of halogens is 1. The van der Waals surface area contributed by atoms with Gasteiger partial charge >= 0.3 is 0 Å². The molecule has 0 fully saturated rings. The molecule has 0 unspecified atom stereocenters. The number of sulfonamides is 1. The van der Waals surface area contributed by atoms with Gasteiger partial charge in [0.15, 0.2) is 0 Å². The molecule has 1 atom stereocenters. The van der Waals surface area contributed by atoms with Crippen molar-refractivity contribution in [3.05, 3.63) is 63.5 Å². The van der Waals surface area contributed by atoms with Crippen molar-refractivity contribution in [1.29, 1.82) is 0 Å². The summed E-state index contributed by atoms with van der Waals surface area (Å²) < 4.78 is 26.5. The Kier molecular flexibility index (Phi) is 6.22. The maximum Gasteiger partial charge on any atom is 0.251 e. The largest absolute Gasteiger partial charge is 0.348 e. The van der Waals surface area contributed by atoms with Gasteiger partial charge in [-0.25, -0.2) is 12.7 Å². The van der Waals surface area contributed by atoms with E-state index < -0.39 is 21.5 Å². The van der Waals surface area contributed by atoms with Crippen molar-refractivity contribution in [2.75, 3.05) is 14.1 Å². The van der Waals surface area contributed by atoms with Gasteiger partial charge in [-0.15, -0.1) is 0 Å². The summed E-state index contributed by atoms with van der Waals surface area (Å²) in [6.07, 6.45) is 1.17. The summed E-state index contributed by atoms with van der Waals surface area (Å²) in [6, 6.07) is 9.10. The molecule has 1 heterocycles. The van der Waals surface area contributed by atoms with Gasteiger partial charge in [0.25, 0.3) is 5.56 Å². The monoisotopic (exact) mass is 397 g/mol. The second-order valence-electron chi connectivity index (χ2n) is 5.96. The van der Waals surface area contributed by atoms with Gasteiger partial charge in [0.1, 0.15) is 6.54 Å². The quantitative estimate of drug-likeness (QED) is 0.802. The molecular formula is C17H20ClN3O4S. The number of hydrogen-bond acceptors (Lipinski definition) is 4. The minimum atomic E-state index is -3.69. The van der Waals surface area contributed by atoms with E-state index in [0.717, 1.165) is 20.5 Å². The molecule has 2 rings (SSSR count). The third kappa shape index (κ3) is 4.72. The van der Waals surface area contributed by atoms with Crippen LogP contribution in [0.25, 0.3) is 0 Å². The average molecular weight is 398 g/mol. The van der Waals surface area contributed by atoms with Crippen LogP contribution in [-0.2, 0) is 21.4 Å². The minimum absolute atomic E-state index is 0.0550. The van der Waals surface area contributed by atoms with E-state index in [1.54, 1.807) is 31.2 Å². The number of carbonyl (C=O) groups excluding carboxylic acids is 1. The molecule has 0 saturated heterocycles. The van der Waals surface area contributed by atoms with Crippen LogP contribution < -0.4 is 10.9 Å². The lowest BCUT2D eigenvalue weighted by Gasteiger charge is -2.16. The standard InChI is InChI=1S/C17H20ClN3O4S/c1-12(13-4-6-14(18)7-5-13)19-16(22)11-21-10-15(8-9-17(21)23)26(24,25)20(2)3/h4-10,12H,11H2,1-3H3,(H,19,22)/t12-/m0/s1. The minimum Gasteiger partial charge on any atom is -0.348 e. The van der Waals surface area contributed by atoms with Gasteiger partial charge in [-0.3, -0.25) is 9.59 Å². The van der Waals surface area contributed by atoms with E-state index >= 15 is 0 Å². The van der Waals surface area contributed by atoms with Crippen LogP contribution in [0.3, 0.4) is 0 Å². The van der Waals surface area contributed by atoms with Crippen LogP contribution in [0.15, 0.2) is 52.3 Å². The number of rotatable bonds is 6. The fraction of sp³-hybridized carbons (Fsp3) is 0.294. The number of hydrogen-bond donors (Lipinski definition) is 1. The highest BCUT2D eigenvalue weighted by Gasteiger charge is 2.19. The van der Waals surface area contributed by atoms with Crippen LogP contribution in [-0.4, -0.2) is 37.3 Å². The zero-order valence-corrected chi connectivity index (χ0v) is 16.2. The van der Waals surface area contributed by atoms with Gasteiger partial charge < -0.3 is 9.88 Å². The molecule has 1 amide bonds. The molecule has 2 aromatic rings. The number of nitrogens with zero attached hydrogens (tertiary/aromatic N) is 2. The van der Waals surface area contributed by atoms with Crippen LogP contribution in [0.1, 0.15) is 18.5 Å². The van der Waals surface area contributed by atoms with E-state index in [0.29, 0.717) is 5.02 Å². The summed E-state index contributed by atoms with van der Waals surface area (Å²) in [5, 5.41) is 3.37. The van der Waals surface area contributed by atoms with Gasteiger partial charge in [0, 0.05) is 31.4 Å². The first-order chi connectivity index (χ1) is 12.1. The highest BCUT2D eigenvalue weighted by molar-refractivity contribution is 7.89. The molecular weight excluding hydrogens is 378 g/mol. The Morgan fingerprint density at radius 3 is 2.38 bits per heavy atom. The lowest BCUT2D eigenvalue weighted by atomic mass is 10.1. The molecule has 0 radical (unpaired) electrons. The van der Waals surface area contributed by atoms with Gasteiger partial charge in [-0.05, 0) is 30.7 Å². The highest BCUT2D eigenvalue weighted by Crippen LogP contribution is 2.16. The molecule has 1 N–H and O–H groups in total. The van der Waals surface area contributed by atoms with Crippen molar-refractivity contribution in [3.8, 4) is 0 Å². The molecule has 1 aromatic heterocycles. The average Bonchev–Trinajstić information content (AvgIpc) is 2.57. The Morgan fingerprint density at radius 1 is 1.19 bits per heavy atom. The Hall–Kier alpha value is -2.16. The molecule has 0 aliphatic rings. The lowest BCUT2D eigenvalue weighted by Crippen LogP contribution is -2.34. The Balaban J connectivity index is 2.16. The Labute approximate surface area is 157 Å². The molecule has 0 saturated carbocycles. The Morgan fingerprint density at radius 2 is 1.81 bits per heavy atom. The second kappa shape index (κ2) is 8.03. The number of nitrogens with one attached hydrogen (secondary N) is 1. The predicted molar refractivity (Wildman–Crippen MR) is 99.6 cm³/mol. The molecule has 7 nitrogen and oxygen atoms in total. The zero-order chi connectivity index (χ0) is 19.5. The van der Waals surface area contributed by atoms with Crippen molar-refractivity contribution >= 4 is 27.5 Å². The summed E-state index contributed by atoms with van der Waals surface area (Å²) in [6.45, 7) is 1.52. The molecule has 9 heteroatoms. The number of benzene rings is 1. The molecule has 1 aromatic carbocycles. The first-order valence-corrected chi connectivity index (χ1v) is 9.61. The number of aromatic nitrogens is 1. The molecule has 0 aliphatic heterocycles. The van der Waals surface area contributed by atoms with Crippen molar-refractivity contribution in [3.63, 3.8) is 0 Å². The summed E-state index contributed by atoms with van der Waals surface area (Å²) >= 11 is 5.84. The SMILES string of the molecule is C[C@H](NC(=O)Cn1cc(S(=O)(=O)N(C)C)ccc1=O)c1ccc(Cl)cc1. The first kappa shape index (κ1) is 20.2. The van der Waals surface area contributed by atoms with Crippen LogP contribution in [0.5, 0.6) is 0 Å². The maximum absolute atomic E-state index is 12.3. The number of pyridine rings is 1. The van der Waals surface area contributed by atoms with Crippen LogP contribution in [0.2, 0.25) is 5.02 Å². The second-order valence-corrected chi connectivity index (χ2v) is 8.55. The highest BCUT2D eigenvalue weighted by atomic mass is 35.5. The normalized spacial score (nSPS) is 12.8. The van der Waals surface area contributed by atoms with E-state index in [1.807, 2.05) is 0 Å². The molecule has 140 valence electrons. The summed E-state index contributed by atoms with van der Waals surface area (Å²) in [4.78, 5) is 24.2. The fourth-order valence-electron chi connectivity index (χ4n) is 2.27. The number of carbonyl (C=O) groups is 1.